The maximum Gasteiger partial charge on any atom is 0.130 e. The topological polar surface area (TPSA) is 21.3 Å². The van der Waals surface area contributed by atoms with Gasteiger partial charge in [-0.15, -0.1) is 0 Å². The van der Waals surface area contributed by atoms with Gasteiger partial charge in [0.25, 0.3) is 0 Å². The van der Waals surface area contributed by atoms with Crippen LogP contribution in [0.15, 0.2) is 46.9 Å². The van der Waals surface area contributed by atoms with Crippen LogP contribution in [0.3, 0.4) is 0 Å². The van der Waals surface area contributed by atoms with Crippen molar-refractivity contribution >= 4 is 15.9 Å². The van der Waals surface area contributed by atoms with Gasteiger partial charge >= 0.3 is 0 Å². The van der Waals surface area contributed by atoms with Crippen LogP contribution in [0.5, 0.6) is 5.75 Å². The van der Waals surface area contributed by atoms with Gasteiger partial charge in [0.05, 0.1) is 0 Å². The van der Waals surface area contributed by atoms with Gasteiger partial charge in [0.15, 0.2) is 0 Å². The minimum Gasteiger partial charge on any atom is -0.489 e. The van der Waals surface area contributed by atoms with E-state index >= 15 is 0 Å². The molecule has 0 amide bonds. The number of rotatable bonds is 6. The Morgan fingerprint density at radius 2 is 1.90 bits per heavy atom. The number of benzene rings is 2. The molecule has 0 aromatic heterocycles. The summed E-state index contributed by atoms with van der Waals surface area (Å²) in [6.07, 6.45) is 0. The van der Waals surface area contributed by atoms with Crippen LogP contribution >= 0.6 is 15.9 Å². The monoisotopic (exact) mass is 351 g/mol. The lowest BCUT2D eigenvalue weighted by Gasteiger charge is -2.13. The van der Waals surface area contributed by atoms with Gasteiger partial charge in [-0.05, 0) is 43.3 Å². The first-order valence-electron chi connectivity index (χ1n) is 7.00. The van der Waals surface area contributed by atoms with Crippen LogP contribution in [0.4, 0.5) is 4.39 Å². The van der Waals surface area contributed by atoms with Gasteiger partial charge in [-0.1, -0.05) is 41.1 Å². The average molecular weight is 352 g/mol. The molecule has 2 aromatic rings. The second kappa shape index (κ2) is 7.57. The van der Waals surface area contributed by atoms with E-state index in [0.717, 1.165) is 16.8 Å². The first kappa shape index (κ1) is 16.0. The van der Waals surface area contributed by atoms with Crippen molar-refractivity contribution in [2.24, 2.45) is 0 Å². The molecule has 0 aliphatic rings. The van der Waals surface area contributed by atoms with E-state index in [9.17, 15) is 4.39 Å². The fourth-order valence-electron chi connectivity index (χ4n) is 2.08. The second-order valence-electron chi connectivity index (χ2n) is 4.87. The zero-order valence-electron chi connectivity index (χ0n) is 12.2. The predicted molar refractivity (Wildman–Crippen MR) is 87.0 cm³/mol. The summed E-state index contributed by atoms with van der Waals surface area (Å²) in [6.45, 7) is 5.36. The van der Waals surface area contributed by atoms with E-state index in [4.69, 9.17) is 4.74 Å². The molecule has 0 saturated carbocycles. The van der Waals surface area contributed by atoms with Crippen molar-refractivity contribution in [3.63, 3.8) is 0 Å². The highest BCUT2D eigenvalue weighted by molar-refractivity contribution is 9.10. The number of halogens is 2. The Morgan fingerprint density at radius 3 is 2.52 bits per heavy atom. The largest absolute Gasteiger partial charge is 0.489 e. The number of ether oxygens (including phenoxy) is 1. The lowest BCUT2D eigenvalue weighted by atomic mass is 10.1. The lowest BCUT2D eigenvalue weighted by molar-refractivity contribution is 0.299. The van der Waals surface area contributed by atoms with Crippen LogP contribution in [-0.4, -0.2) is 6.54 Å². The summed E-state index contributed by atoms with van der Waals surface area (Å²) < 4.78 is 20.0. The summed E-state index contributed by atoms with van der Waals surface area (Å²) in [7, 11) is 0. The van der Waals surface area contributed by atoms with Crippen molar-refractivity contribution < 1.29 is 9.13 Å². The summed E-state index contributed by atoms with van der Waals surface area (Å²) in [5.74, 6) is 0.478. The molecule has 21 heavy (non-hydrogen) atoms. The van der Waals surface area contributed by atoms with Gasteiger partial charge in [-0.3, -0.25) is 0 Å². The van der Waals surface area contributed by atoms with Gasteiger partial charge in [0, 0.05) is 16.1 Å². The second-order valence-corrected chi connectivity index (χ2v) is 5.79. The van der Waals surface area contributed by atoms with Crippen LogP contribution in [0.2, 0.25) is 0 Å². The van der Waals surface area contributed by atoms with E-state index in [1.54, 1.807) is 6.07 Å². The third-order valence-electron chi connectivity index (χ3n) is 3.30. The van der Waals surface area contributed by atoms with E-state index in [1.807, 2.05) is 30.3 Å². The van der Waals surface area contributed by atoms with Crippen molar-refractivity contribution in [3.8, 4) is 5.75 Å². The lowest BCUT2D eigenvalue weighted by Crippen LogP contribution is -2.17. The van der Waals surface area contributed by atoms with Gasteiger partial charge in [0.2, 0.25) is 0 Å². The molecule has 0 bridgehead atoms. The highest BCUT2D eigenvalue weighted by Crippen LogP contribution is 2.20. The summed E-state index contributed by atoms with van der Waals surface area (Å²) in [5, 5.41) is 3.36. The average Bonchev–Trinajstić information content (AvgIpc) is 2.47. The molecule has 1 unspecified atom stereocenters. The normalized spacial score (nSPS) is 12.2. The Kier molecular flexibility index (Phi) is 5.76. The Morgan fingerprint density at radius 1 is 1.19 bits per heavy atom. The highest BCUT2D eigenvalue weighted by atomic mass is 79.9. The molecule has 4 heteroatoms. The zero-order chi connectivity index (χ0) is 15.2. The van der Waals surface area contributed by atoms with E-state index in [1.165, 1.54) is 11.6 Å². The molecule has 0 radical (unpaired) electrons. The zero-order valence-corrected chi connectivity index (χ0v) is 13.8. The van der Waals surface area contributed by atoms with E-state index in [0.29, 0.717) is 11.6 Å². The molecule has 0 aliphatic carbocycles. The predicted octanol–water partition coefficient (Wildman–Crippen LogP) is 4.84. The summed E-state index contributed by atoms with van der Waals surface area (Å²) in [6, 6.07) is 13.2. The molecule has 1 N–H and O–H groups in total. The number of hydrogen-bond donors (Lipinski definition) is 1. The standard InChI is InChI=1S/C17H19BrFNO/c1-3-20-12(2)13-5-8-16(9-6-13)21-11-14-4-7-15(18)10-17(14)19/h4-10,12,20H,3,11H2,1-2H3. The third kappa shape index (κ3) is 4.55. The quantitative estimate of drug-likeness (QED) is 0.803. The fraction of sp³-hybridized carbons (Fsp3) is 0.294. The van der Waals surface area contributed by atoms with Crippen molar-refractivity contribution in [1.29, 1.82) is 0 Å². The third-order valence-corrected chi connectivity index (χ3v) is 3.79. The maximum absolute atomic E-state index is 13.7. The molecule has 0 fully saturated rings. The molecule has 0 heterocycles. The van der Waals surface area contributed by atoms with Gasteiger partial charge < -0.3 is 10.1 Å². The van der Waals surface area contributed by atoms with Gasteiger partial charge in [-0.2, -0.15) is 0 Å². The molecular formula is C17H19BrFNO. The first-order chi connectivity index (χ1) is 10.1. The van der Waals surface area contributed by atoms with Crippen molar-refractivity contribution in [1.82, 2.24) is 5.32 Å². The fourth-order valence-corrected chi connectivity index (χ4v) is 2.41. The Hall–Kier alpha value is -1.39. The van der Waals surface area contributed by atoms with Crippen LogP contribution in [0.1, 0.15) is 31.0 Å². The molecule has 2 aromatic carbocycles. The molecular weight excluding hydrogens is 333 g/mol. The SMILES string of the molecule is CCNC(C)c1ccc(OCc2ccc(Br)cc2F)cc1. The van der Waals surface area contributed by atoms with Crippen LogP contribution < -0.4 is 10.1 Å². The van der Waals surface area contributed by atoms with Crippen molar-refractivity contribution in [2.75, 3.05) is 6.54 Å². The molecule has 112 valence electrons. The van der Waals surface area contributed by atoms with Gasteiger partial charge in [-0.25, -0.2) is 4.39 Å². The molecule has 2 rings (SSSR count). The molecule has 2 nitrogen and oxygen atoms in total. The maximum atomic E-state index is 13.7. The van der Waals surface area contributed by atoms with E-state index in [-0.39, 0.29) is 12.4 Å². The van der Waals surface area contributed by atoms with Crippen molar-refractivity contribution in [3.05, 3.63) is 63.9 Å². The van der Waals surface area contributed by atoms with E-state index in [2.05, 4.69) is 35.1 Å². The van der Waals surface area contributed by atoms with Crippen molar-refractivity contribution in [2.45, 2.75) is 26.5 Å². The van der Waals surface area contributed by atoms with Gasteiger partial charge in [0.1, 0.15) is 18.2 Å². The minimum absolute atomic E-state index is 0.223. The Balaban J connectivity index is 1.97. The van der Waals surface area contributed by atoms with Crippen LogP contribution in [0.25, 0.3) is 0 Å². The Labute approximate surface area is 133 Å². The van der Waals surface area contributed by atoms with Crippen LogP contribution in [0, 0.1) is 5.82 Å². The minimum atomic E-state index is -0.262. The summed E-state index contributed by atoms with van der Waals surface area (Å²) in [4.78, 5) is 0. The molecule has 0 aliphatic heterocycles. The summed E-state index contributed by atoms with van der Waals surface area (Å²) in [5.41, 5.74) is 1.75. The van der Waals surface area contributed by atoms with Crippen LogP contribution in [-0.2, 0) is 6.61 Å². The smallest absolute Gasteiger partial charge is 0.130 e. The van der Waals surface area contributed by atoms with E-state index < -0.39 is 0 Å². The number of hydrogen-bond acceptors (Lipinski definition) is 2. The molecule has 0 saturated heterocycles. The first-order valence-corrected chi connectivity index (χ1v) is 7.79. The highest BCUT2D eigenvalue weighted by Gasteiger charge is 2.06. The number of nitrogens with one attached hydrogen (secondary N) is 1. The molecule has 1 atom stereocenters. The molecule has 0 spiro atoms. The summed E-state index contributed by atoms with van der Waals surface area (Å²) >= 11 is 3.24. The Bertz CT molecular complexity index is 586.